The van der Waals surface area contributed by atoms with Crippen molar-refractivity contribution in [2.75, 3.05) is 0 Å². The molecule has 62 valence electrons. The molecular weight excluding hydrogens is 260 g/mol. The normalized spacial score (nSPS) is 10.8. The van der Waals surface area contributed by atoms with Gasteiger partial charge in [-0.3, -0.25) is 0 Å². The van der Waals surface area contributed by atoms with Crippen LogP contribution in [0.25, 0.3) is 11.0 Å². The van der Waals surface area contributed by atoms with Gasteiger partial charge in [0.2, 0.25) is 0 Å². The van der Waals surface area contributed by atoms with Crippen molar-refractivity contribution in [1.82, 2.24) is 9.97 Å². The summed E-state index contributed by atoms with van der Waals surface area (Å²) in [4.78, 5) is 8.20. The van der Waals surface area contributed by atoms with E-state index in [0.29, 0.717) is 0 Å². The smallest absolute Gasteiger partial charge is 0.138 e. The van der Waals surface area contributed by atoms with Gasteiger partial charge in [-0.2, -0.15) is 0 Å². The summed E-state index contributed by atoms with van der Waals surface area (Å²) in [6, 6.07) is 1.99. The summed E-state index contributed by atoms with van der Waals surface area (Å²) in [5.74, 6) is 0. The fraction of sp³-hybridized carbons (Fsp3) is 0. The Hall–Kier alpha value is -0.190. The number of nitrogens with zero attached hydrogens (tertiary/aromatic N) is 1. The van der Waals surface area contributed by atoms with Crippen molar-refractivity contribution in [3.63, 3.8) is 0 Å². The molecule has 0 aliphatic carbocycles. The Morgan fingerprint density at radius 2 is 2.42 bits per heavy atom. The predicted molar refractivity (Wildman–Crippen MR) is 55.5 cm³/mol. The lowest BCUT2D eigenvalue weighted by Gasteiger charge is -1.91. The fourth-order valence-electron chi connectivity index (χ4n) is 1.02. The Morgan fingerprint density at radius 1 is 1.58 bits per heavy atom. The molecule has 12 heavy (non-hydrogen) atoms. The molecule has 0 radical (unpaired) electrons. The van der Waals surface area contributed by atoms with Crippen LogP contribution in [0.15, 0.2) is 27.8 Å². The Kier molecular flexibility index (Phi) is 2.30. The van der Waals surface area contributed by atoms with E-state index in [0.717, 1.165) is 20.4 Å². The average molecular weight is 264 g/mol. The van der Waals surface area contributed by atoms with Crippen LogP contribution < -0.4 is 0 Å². The van der Waals surface area contributed by atoms with Crippen molar-refractivity contribution in [3.8, 4) is 0 Å². The Balaban J connectivity index is 2.75. The highest BCUT2D eigenvalue weighted by Gasteiger charge is 2.03. The number of hydrogen-bond donors (Lipinski definition) is 1. The predicted octanol–water partition coefficient (Wildman–Crippen LogP) is 3.57. The maximum Gasteiger partial charge on any atom is 0.138 e. The summed E-state index contributed by atoms with van der Waals surface area (Å²) in [6.07, 6.45) is 3.60. The number of rotatable bonds is 1. The Labute approximate surface area is 86.3 Å². The van der Waals surface area contributed by atoms with Crippen molar-refractivity contribution >= 4 is 48.6 Å². The first-order chi connectivity index (χ1) is 5.81. The van der Waals surface area contributed by atoms with Crippen molar-refractivity contribution in [2.24, 2.45) is 0 Å². The molecule has 2 aromatic heterocycles. The van der Waals surface area contributed by atoms with Gasteiger partial charge in [-0.05, 0) is 43.7 Å². The number of hydrogen-bond acceptors (Lipinski definition) is 2. The zero-order valence-corrected chi connectivity index (χ0v) is 9.00. The molecule has 0 atom stereocenters. The Bertz CT molecular complexity index is 415. The fourth-order valence-corrected chi connectivity index (χ4v) is 2.07. The maximum atomic E-state index is 5.65. The highest BCUT2D eigenvalue weighted by molar-refractivity contribution is 9.10. The third kappa shape index (κ3) is 1.34. The molecular formula is C7H4BrClN2S. The molecule has 0 saturated carbocycles. The largest absolute Gasteiger partial charge is 0.345 e. The van der Waals surface area contributed by atoms with E-state index in [1.165, 1.54) is 11.0 Å². The number of aromatic amines is 1. The van der Waals surface area contributed by atoms with E-state index < -0.39 is 0 Å². The van der Waals surface area contributed by atoms with Crippen LogP contribution in [-0.2, 0) is 0 Å². The van der Waals surface area contributed by atoms with Crippen LogP contribution in [0.4, 0.5) is 0 Å². The molecule has 0 spiro atoms. The molecule has 0 aliphatic heterocycles. The summed E-state index contributed by atoms with van der Waals surface area (Å²) < 4.78 is 0.960. The monoisotopic (exact) mass is 262 g/mol. The first-order valence-corrected chi connectivity index (χ1v) is 5.66. The van der Waals surface area contributed by atoms with E-state index >= 15 is 0 Å². The molecule has 2 rings (SSSR count). The summed E-state index contributed by atoms with van der Waals surface area (Å²) >= 11 is 3.35. The van der Waals surface area contributed by atoms with Crippen LogP contribution in [0.2, 0.25) is 0 Å². The van der Waals surface area contributed by atoms with E-state index in [2.05, 4.69) is 25.9 Å². The highest BCUT2D eigenvalue weighted by Crippen LogP contribution is 2.30. The topological polar surface area (TPSA) is 28.7 Å². The highest BCUT2D eigenvalue weighted by atomic mass is 79.9. The van der Waals surface area contributed by atoms with Gasteiger partial charge in [0.05, 0.1) is 4.90 Å². The quantitative estimate of drug-likeness (QED) is 0.852. The van der Waals surface area contributed by atoms with Crippen LogP contribution in [0.1, 0.15) is 0 Å². The van der Waals surface area contributed by atoms with E-state index in [1.807, 2.05) is 12.3 Å². The summed E-state index contributed by atoms with van der Waals surface area (Å²) in [7, 11) is 6.85. The van der Waals surface area contributed by atoms with Gasteiger partial charge < -0.3 is 4.98 Å². The zero-order valence-electron chi connectivity index (χ0n) is 5.84. The summed E-state index contributed by atoms with van der Waals surface area (Å²) in [6.45, 7) is 0. The molecule has 2 aromatic rings. The van der Waals surface area contributed by atoms with Gasteiger partial charge >= 0.3 is 0 Å². The van der Waals surface area contributed by atoms with Crippen LogP contribution >= 0.6 is 37.6 Å². The average Bonchev–Trinajstić information content (AvgIpc) is 2.46. The van der Waals surface area contributed by atoms with E-state index in [4.69, 9.17) is 10.7 Å². The van der Waals surface area contributed by atoms with Gasteiger partial charge in [-0.1, -0.05) is 0 Å². The van der Waals surface area contributed by atoms with E-state index in [1.54, 1.807) is 6.20 Å². The van der Waals surface area contributed by atoms with Crippen molar-refractivity contribution in [2.45, 2.75) is 4.90 Å². The first kappa shape index (κ1) is 8.41. The number of H-pyrrole nitrogens is 1. The molecule has 0 bridgehead atoms. The number of aromatic nitrogens is 2. The second-order valence-corrected chi connectivity index (χ2v) is 4.25. The maximum absolute atomic E-state index is 5.65. The van der Waals surface area contributed by atoms with Crippen LogP contribution in [-0.4, -0.2) is 9.97 Å². The Morgan fingerprint density at radius 3 is 3.17 bits per heavy atom. The van der Waals surface area contributed by atoms with Gasteiger partial charge in [-0.25, -0.2) is 4.98 Å². The number of halogens is 2. The van der Waals surface area contributed by atoms with Crippen LogP contribution in [0, 0.1) is 0 Å². The van der Waals surface area contributed by atoms with E-state index in [-0.39, 0.29) is 0 Å². The summed E-state index contributed by atoms with van der Waals surface area (Å²) in [5, 5.41) is 1.05. The molecule has 5 heteroatoms. The molecule has 0 unspecified atom stereocenters. The first-order valence-electron chi connectivity index (χ1n) is 3.22. The molecule has 0 saturated heterocycles. The molecule has 0 aliphatic rings. The third-order valence-electron chi connectivity index (χ3n) is 1.54. The van der Waals surface area contributed by atoms with E-state index in [9.17, 15) is 0 Å². The molecule has 2 heterocycles. The standard InChI is InChI=1S/C7H4BrClN2S/c8-4-1-5-6(12-9)3-11-7(5)10-2-4/h1-3H,(H,10,11). The lowest BCUT2D eigenvalue weighted by atomic mass is 10.3. The van der Waals surface area contributed by atoms with Crippen molar-refractivity contribution in [3.05, 3.63) is 22.9 Å². The number of nitrogens with one attached hydrogen (secondary N) is 1. The van der Waals surface area contributed by atoms with Crippen LogP contribution in [0.3, 0.4) is 0 Å². The minimum atomic E-state index is 0.862. The van der Waals surface area contributed by atoms with Crippen molar-refractivity contribution in [1.29, 1.82) is 0 Å². The second kappa shape index (κ2) is 3.28. The zero-order chi connectivity index (χ0) is 8.55. The van der Waals surface area contributed by atoms with Gasteiger partial charge in [0, 0.05) is 22.3 Å². The van der Waals surface area contributed by atoms with Gasteiger partial charge in [0.1, 0.15) is 5.65 Å². The molecule has 1 N–H and O–H groups in total. The van der Waals surface area contributed by atoms with Crippen molar-refractivity contribution < 1.29 is 0 Å². The minimum absolute atomic E-state index is 0.862. The SMILES string of the molecule is ClSc1c[nH]c2ncc(Br)cc12. The second-order valence-electron chi connectivity index (χ2n) is 2.28. The molecule has 0 amide bonds. The number of fused-ring (bicyclic) bond motifs is 1. The number of pyridine rings is 1. The third-order valence-corrected chi connectivity index (χ3v) is 2.98. The van der Waals surface area contributed by atoms with Gasteiger partial charge in [-0.15, -0.1) is 0 Å². The molecule has 0 fully saturated rings. The lowest BCUT2D eigenvalue weighted by molar-refractivity contribution is 1.31. The summed E-state index contributed by atoms with van der Waals surface area (Å²) in [5.41, 5.74) is 0.862. The van der Waals surface area contributed by atoms with Gasteiger partial charge in [0.25, 0.3) is 0 Å². The molecule has 2 nitrogen and oxygen atoms in total. The molecule has 0 aromatic carbocycles. The lowest BCUT2D eigenvalue weighted by Crippen LogP contribution is -1.74. The minimum Gasteiger partial charge on any atom is -0.345 e. The van der Waals surface area contributed by atoms with Crippen LogP contribution in [0.5, 0.6) is 0 Å². The van der Waals surface area contributed by atoms with Gasteiger partial charge in [0.15, 0.2) is 0 Å².